The Balaban J connectivity index is 2.33. The molecule has 1 aromatic heterocycles. The number of hydrogen-bond acceptors (Lipinski definition) is 3. The molecule has 1 saturated heterocycles. The van der Waals surface area contributed by atoms with Gasteiger partial charge in [0, 0.05) is 26.2 Å². The van der Waals surface area contributed by atoms with E-state index >= 15 is 0 Å². The number of aromatic nitrogens is 2. The van der Waals surface area contributed by atoms with Crippen LogP contribution in [0.3, 0.4) is 0 Å². The highest BCUT2D eigenvalue weighted by Gasteiger charge is 2.31. The summed E-state index contributed by atoms with van der Waals surface area (Å²) in [6.07, 6.45) is 4.49. The fourth-order valence-electron chi connectivity index (χ4n) is 2.56. The van der Waals surface area contributed by atoms with Gasteiger partial charge < -0.3 is 10.2 Å². The minimum atomic E-state index is -0.417. The monoisotopic (exact) mass is 278 g/mol. The predicted octanol–water partition coefficient (Wildman–Crippen LogP) is 1.00. The average molecular weight is 278 g/mol. The van der Waals surface area contributed by atoms with Crippen LogP contribution in [0.25, 0.3) is 0 Å². The van der Waals surface area contributed by atoms with Crippen molar-refractivity contribution < 1.29 is 9.59 Å². The normalized spacial score (nSPS) is 19.9. The molecule has 1 fully saturated rings. The largest absolute Gasteiger partial charge is 0.344 e. The van der Waals surface area contributed by atoms with Crippen LogP contribution >= 0.6 is 0 Å². The highest BCUT2D eigenvalue weighted by Crippen LogP contribution is 2.23. The van der Waals surface area contributed by atoms with E-state index < -0.39 is 6.04 Å². The van der Waals surface area contributed by atoms with E-state index in [2.05, 4.69) is 10.4 Å². The summed E-state index contributed by atoms with van der Waals surface area (Å²) in [6.45, 7) is 4.45. The maximum Gasteiger partial charge on any atom is 0.249 e. The second-order valence-corrected chi connectivity index (χ2v) is 5.14. The van der Waals surface area contributed by atoms with Gasteiger partial charge in [-0.3, -0.25) is 14.3 Å². The molecule has 1 unspecified atom stereocenters. The molecular weight excluding hydrogens is 256 g/mol. The molecule has 1 atom stereocenters. The molecule has 1 aromatic rings. The summed E-state index contributed by atoms with van der Waals surface area (Å²) in [7, 11) is 1.85. The van der Waals surface area contributed by atoms with Crippen molar-refractivity contribution in [2.24, 2.45) is 7.05 Å². The van der Waals surface area contributed by atoms with Gasteiger partial charge in [0.2, 0.25) is 11.8 Å². The van der Waals surface area contributed by atoms with Crippen molar-refractivity contribution in [1.29, 1.82) is 0 Å². The number of amides is 2. The molecule has 1 N–H and O–H groups in total. The standard InChI is InChI=1S/C14H22N4O2/c1-4-6-11-14(20)18(8-7-13(19)15-11)12-9-17(3)16-10(12)5-2/h9,11H,4-8H2,1-3H3,(H,15,19). The second kappa shape index (κ2) is 6.07. The van der Waals surface area contributed by atoms with Crippen molar-refractivity contribution in [2.75, 3.05) is 11.4 Å². The van der Waals surface area contributed by atoms with Gasteiger partial charge in [0.1, 0.15) is 6.04 Å². The summed E-state index contributed by atoms with van der Waals surface area (Å²) in [5, 5.41) is 7.19. The van der Waals surface area contributed by atoms with E-state index in [0.29, 0.717) is 19.4 Å². The minimum absolute atomic E-state index is 0.0274. The van der Waals surface area contributed by atoms with E-state index in [4.69, 9.17) is 0 Å². The van der Waals surface area contributed by atoms with Crippen LogP contribution in [0.15, 0.2) is 6.20 Å². The summed E-state index contributed by atoms with van der Waals surface area (Å²) in [6, 6.07) is -0.417. The quantitative estimate of drug-likeness (QED) is 0.893. The molecule has 2 heterocycles. The Kier molecular flexibility index (Phi) is 4.42. The van der Waals surface area contributed by atoms with Gasteiger partial charge in [0.05, 0.1) is 11.4 Å². The molecule has 1 aliphatic rings. The minimum Gasteiger partial charge on any atom is -0.344 e. The van der Waals surface area contributed by atoms with E-state index in [1.807, 2.05) is 27.1 Å². The van der Waals surface area contributed by atoms with Crippen LogP contribution in [0, 0.1) is 0 Å². The molecule has 1 aliphatic heterocycles. The smallest absolute Gasteiger partial charge is 0.249 e. The van der Waals surface area contributed by atoms with E-state index in [1.54, 1.807) is 9.58 Å². The van der Waals surface area contributed by atoms with E-state index in [9.17, 15) is 9.59 Å². The molecule has 6 nitrogen and oxygen atoms in total. The zero-order chi connectivity index (χ0) is 14.7. The summed E-state index contributed by atoms with van der Waals surface area (Å²) in [4.78, 5) is 26.1. The summed E-state index contributed by atoms with van der Waals surface area (Å²) >= 11 is 0. The third-order valence-corrected chi connectivity index (χ3v) is 3.55. The number of aryl methyl sites for hydroxylation is 2. The Morgan fingerprint density at radius 1 is 1.40 bits per heavy atom. The van der Waals surface area contributed by atoms with Gasteiger partial charge in [-0.2, -0.15) is 5.10 Å². The number of hydrogen-bond donors (Lipinski definition) is 1. The molecule has 0 spiro atoms. The third-order valence-electron chi connectivity index (χ3n) is 3.55. The number of rotatable bonds is 4. The van der Waals surface area contributed by atoms with Crippen LogP contribution in [0.4, 0.5) is 5.69 Å². The van der Waals surface area contributed by atoms with Crippen molar-refractivity contribution in [2.45, 2.75) is 45.6 Å². The molecule has 0 radical (unpaired) electrons. The van der Waals surface area contributed by atoms with E-state index in [-0.39, 0.29) is 11.8 Å². The number of carbonyl (C=O) groups excluding carboxylic acids is 2. The van der Waals surface area contributed by atoms with E-state index in [1.165, 1.54) is 0 Å². The van der Waals surface area contributed by atoms with Crippen molar-refractivity contribution >= 4 is 17.5 Å². The Hall–Kier alpha value is -1.85. The lowest BCUT2D eigenvalue weighted by atomic mass is 10.1. The summed E-state index contributed by atoms with van der Waals surface area (Å²) in [5.41, 5.74) is 1.73. The Morgan fingerprint density at radius 2 is 2.15 bits per heavy atom. The molecule has 0 aromatic carbocycles. The first-order valence-electron chi connectivity index (χ1n) is 7.20. The second-order valence-electron chi connectivity index (χ2n) is 5.14. The molecule has 2 rings (SSSR count). The summed E-state index contributed by atoms with van der Waals surface area (Å²) in [5.74, 6) is -0.0818. The highest BCUT2D eigenvalue weighted by atomic mass is 16.2. The van der Waals surface area contributed by atoms with Crippen molar-refractivity contribution in [1.82, 2.24) is 15.1 Å². The third kappa shape index (κ3) is 2.84. The molecule has 0 saturated carbocycles. The van der Waals surface area contributed by atoms with Gasteiger partial charge in [-0.05, 0) is 12.8 Å². The lowest BCUT2D eigenvalue weighted by molar-refractivity contribution is -0.125. The fraction of sp³-hybridized carbons (Fsp3) is 0.643. The maximum absolute atomic E-state index is 12.6. The average Bonchev–Trinajstić information content (AvgIpc) is 2.72. The zero-order valence-corrected chi connectivity index (χ0v) is 12.3. The molecule has 110 valence electrons. The lowest BCUT2D eigenvalue weighted by Crippen LogP contribution is -2.44. The van der Waals surface area contributed by atoms with Crippen LogP contribution in [0.2, 0.25) is 0 Å². The van der Waals surface area contributed by atoms with Gasteiger partial charge in [0.25, 0.3) is 0 Å². The predicted molar refractivity (Wildman–Crippen MR) is 76.4 cm³/mol. The number of carbonyl (C=O) groups is 2. The molecule has 0 aliphatic carbocycles. The molecule has 6 heteroatoms. The first-order chi connectivity index (χ1) is 9.56. The molecule has 20 heavy (non-hydrogen) atoms. The highest BCUT2D eigenvalue weighted by molar-refractivity contribution is 6.01. The van der Waals surface area contributed by atoms with Gasteiger partial charge in [-0.1, -0.05) is 20.3 Å². The van der Waals surface area contributed by atoms with E-state index in [0.717, 1.165) is 24.2 Å². The van der Waals surface area contributed by atoms with Crippen LogP contribution in [-0.2, 0) is 23.1 Å². The Labute approximate surface area is 119 Å². The van der Waals surface area contributed by atoms with Crippen molar-refractivity contribution in [3.63, 3.8) is 0 Å². The van der Waals surface area contributed by atoms with Gasteiger partial charge in [-0.25, -0.2) is 0 Å². The van der Waals surface area contributed by atoms with Crippen molar-refractivity contribution in [3.05, 3.63) is 11.9 Å². The SMILES string of the molecule is CCCC1NC(=O)CCN(c2cn(C)nc2CC)C1=O. The van der Waals surface area contributed by atoms with Gasteiger partial charge >= 0.3 is 0 Å². The van der Waals surface area contributed by atoms with Gasteiger partial charge in [-0.15, -0.1) is 0 Å². The van der Waals surface area contributed by atoms with Crippen molar-refractivity contribution in [3.8, 4) is 0 Å². The number of anilines is 1. The van der Waals surface area contributed by atoms with Crippen LogP contribution in [0.1, 0.15) is 38.8 Å². The first-order valence-corrected chi connectivity index (χ1v) is 7.20. The fourth-order valence-corrected chi connectivity index (χ4v) is 2.56. The first kappa shape index (κ1) is 14.6. The molecule has 0 bridgehead atoms. The Morgan fingerprint density at radius 3 is 2.80 bits per heavy atom. The zero-order valence-electron chi connectivity index (χ0n) is 12.3. The van der Waals surface area contributed by atoms with Crippen LogP contribution < -0.4 is 10.2 Å². The van der Waals surface area contributed by atoms with Crippen LogP contribution in [-0.4, -0.2) is 34.2 Å². The number of nitrogens with zero attached hydrogens (tertiary/aromatic N) is 3. The molecular formula is C14H22N4O2. The number of nitrogens with one attached hydrogen (secondary N) is 1. The maximum atomic E-state index is 12.6. The topological polar surface area (TPSA) is 67.2 Å². The lowest BCUT2D eigenvalue weighted by Gasteiger charge is -2.23. The Bertz CT molecular complexity index is 509. The van der Waals surface area contributed by atoms with Crippen LogP contribution in [0.5, 0.6) is 0 Å². The summed E-state index contributed by atoms with van der Waals surface area (Å²) < 4.78 is 1.72. The van der Waals surface area contributed by atoms with Gasteiger partial charge in [0.15, 0.2) is 0 Å². The molecule has 2 amide bonds.